The van der Waals surface area contributed by atoms with Crippen molar-refractivity contribution in [2.24, 2.45) is 23.7 Å². The topological polar surface area (TPSA) is 237 Å². The molecular weight excluding hydrogens is 1150 g/mol. The second-order valence-corrected chi connectivity index (χ2v) is 29.4. The number of aliphatic hydroxyl groups is 1. The predicted molar refractivity (Wildman–Crippen MR) is 349 cm³/mol. The highest BCUT2D eigenvalue weighted by Gasteiger charge is 2.30. The molecule has 87 heavy (non-hydrogen) atoms. The molecule has 3 unspecified atom stereocenters. The van der Waals surface area contributed by atoms with Crippen molar-refractivity contribution in [1.29, 1.82) is 0 Å². The van der Waals surface area contributed by atoms with E-state index in [9.17, 15) is 43.2 Å². The number of hydrogen-bond donors (Lipinski definition) is 3. The van der Waals surface area contributed by atoms with E-state index < -0.39 is 97.5 Å². The first-order chi connectivity index (χ1) is 41.6. The van der Waals surface area contributed by atoms with E-state index in [-0.39, 0.29) is 25.7 Å². The van der Waals surface area contributed by atoms with Gasteiger partial charge in [0, 0.05) is 25.7 Å². The molecule has 0 aromatic rings. The lowest BCUT2D eigenvalue weighted by Gasteiger charge is -2.21. The van der Waals surface area contributed by atoms with Gasteiger partial charge >= 0.3 is 39.5 Å². The molecule has 5 atom stereocenters. The van der Waals surface area contributed by atoms with E-state index in [0.717, 1.165) is 108 Å². The van der Waals surface area contributed by atoms with Gasteiger partial charge in [0.2, 0.25) is 0 Å². The number of rotatable bonds is 65. The van der Waals surface area contributed by atoms with Crippen LogP contribution >= 0.6 is 15.6 Å². The number of carbonyl (C=O) groups is 4. The van der Waals surface area contributed by atoms with Crippen LogP contribution in [0, 0.1) is 23.7 Å². The molecule has 0 aliphatic carbocycles. The summed E-state index contributed by atoms with van der Waals surface area (Å²) in [6, 6.07) is 0. The van der Waals surface area contributed by atoms with Gasteiger partial charge in [-0.3, -0.25) is 37.3 Å². The zero-order chi connectivity index (χ0) is 64.7. The van der Waals surface area contributed by atoms with Crippen LogP contribution in [-0.4, -0.2) is 96.7 Å². The van der Waals surface area contributed by atoms with Gasteiger partial charge in [-0.1, -0.05) is 280 Å². The summed E-state index contributed by atoms with van der Waals surface area (Å²) in [6.07, 6.45) is 39.2. The van der Waals surface area contributed by atoms with Gasteiger partial charge in [0.25, 0.3) is 0 Å². The van der Waals surface area contributed by atoms with E-state index in [2.05, 4.69) is 55.4 Å². The molecule has 0 fully saturated rings. The highest BCUT2D eigenvalue weighted by atomic mass is 31.2. The van der Waals surface area contributed by atoms with Gasteiger partial charge < -0.3 is 33.8 Å². The number of phosphoric acid groups is 2. The van der Waals surface area contributed by atoms with Crippen LogP contribution in [-0.2, 0) is 65.4 Å². The molecule has 0 aromatic heterocycles. The van der Waals surface area contributed by atoms with Crippen LogP contribution in [0.1, 0.15) is 331 Å². The second kappa shape index (κ2) is 57.9. The zero-order valence-electron chi connectivity index (χ0n) is 56.6. The van der Waals surface area contributed by atoms with Gasteiger partial charge in [-0.2, -0.15) is 0 Å². The minimum atomic E-state index is -4.95. The Morgan fingerprint density at radius 2 is 0.483 bits per heavy atom. The number of esters is 4. The first-order valence-corrected chi connectivity index (χ1v) is 38.2. The summed E-state index contributed by atoms with van der Waals surface area (Å²) < 4.78 is 68.1. The van der Waals surface area contributed by atoms with Gasteiger partial charge in [0.1, 0.15) is 19.3 Å². The summed E-state index contributed by atoms with van der Waals surface area (Å²) in [7, 11) is -9.90. The minimum Gasteiger partial charge on any atom is -0.462 e. The van der Waals surface area contributed by atoms with E-state index in [1.807, 2.05) is 0 Å². The van der Waals surface area contributed by atoms with Crippen molar-refractivity contribution in [3.63, 3.8) is 0 Å². The molecule has 0 amide bonds. The molecule has 17 nitrogen and oxygen atoms in total. The molecule has 0 bridgehead atoms. The lowest BCUT2D eigenvalue weighted by molar-refractivity contribution is -0.161. The van der Waals surface area contributed by atoms with Crippen molar-refractivity contribution in [2.45, 2.75) is 350 Å². The molecule has 0 aliphatic heterocycles. The standard InChI is InChI=1S/C68H132O17P2/c1-58(2)44-36-28-20-14-12-10-9-11-13-15-23-32-40-48-65(70)78-54-63(84-67(72)50-42-34-25-19-17-22-30-38-46-60(5)6)56-82-86(74,75)80-52-62(69)53-81-87(76,77)83-57-64(85-68(73)51-43-35-27-26-31-39-47-61(7)8)55-79-66(71)49-41-33-24-18-16-21-29-37-45-59(3)4/h58-64,69H,9-57H2,1-8H3,(H,74,75)(H,76,77)/t62?,63-,64-/m1/s1. The van der Waals surface area contributed by atoms with Crippen LogP contribution < -0.4 is 0 Å². The van der Waals surface area contributed by atoms with Crippen molar-refractivity contribution in [3.05, 3.63) is 0 Å². The van der Waals surface area contributed by atoms with E-state index in [1.54, 1.807) is 0 Å². The SMILES string of the molecule is CC(C)CCCCCCCCCCCCCCCC(=O)OC[C@H](COP(=O)(O)OCC(O)COP(=O)(O)OC[C@@H](COC(=O)CCCCCCCCCCC(C)C)OC(=O)CCCCCCCCC(C)C)OC(=O)CCCCCCCCCCC(C)C. The lowest BCUT2D eigenvalue weighted by atomic mass is 10.0. The first kappa shape index (κ1) is 85.1. The maximum Gasteiger partial charge on any atom is 0.472 e. The Bertz CT molecular complexity index is 1730. The van der Waals surface area contributed by atoms with Gasteiger partial charge in [-0.05, 0) is 49.4 Å². The largest absolute Gasteiger partial charge is 0.472 e. The summed E-state index contributed by atoms with van der Waals surface area (Å²) in [5.41, 5.74) is 0. The Morgan fingerprint density at radius 1 is 0.287 bits per heavy atom. The highest BCUT2D eigenvalue weighted by Crippen LogP contribution is 2.45. The van der Waals surface area contributed by atoms with Crippen LogP contribution in [0.3, 0.4) is 0 Å². The normalized spacial score (nSPS) is 14.3. The van der Waals surface area contributed by atoms with Crippen molar-refractivity contribution in [1.82, 2.24) is 0 Å². The molecule has 0 saturated heterocycles. The maximum atomic E-state index is 13.0. The minimum absolute atomic E-state index is 0.101. The Kier molecular flexibility index (Phi) is 56.6. The monoisotopic (exact) mass is 1280 g/mol. The Labute approximate surface area is 530 Å². The van der Waals surface area contributed by atoms with Crippen molar-refractivity contribution < 1.29 is 80.2 Å². The number of phosphoric ester groups is 2. The van der Waals surface area contributed by atoms with E-state index in [1.165, 1.54) is 135 Å². The molecule has 0 spiro atoms. The van der Waals surface area contributed by atoms with Gasteiger partial charge in [-0.25, -0.2) is 9.13 Å². The predicted octanol–water partition coefficient (Wildman–Crippen LogP) is 18.9. The molecule has 0 radical (unpaired) electrons. The fourth-order valence-electron chi connectivity index (χ4n) is 10.1. The van der Waals surface area contributed by atoms with Crippen LogP contribution in [0.15, 0.2) is 0 Å². The second-order valence-electron chi connectivity index (χ2n) is 26.5. The molecule has 0 saturated carbocycles. The molecule has 0 heterocycles. The molecule has 0 aromatic carbocycles. The van der Waals surface area contributed by atoms with Crippen molar-refractivity contribution in [2.75, 3.05) is 39.6 Å². The first-order valence-electron chi connectivity index (χ1n) is 35.2. The fourth-order valence-corrected chi connectivity index (χ4v) is 11.7. The Balaban J connectivity index is 5.21. The Morgan fingerprint density at radius 3 is 0.713 bits per heavy atom. The third kappa shape index (κ3) is 62.6. The average Bonchev–Trinajstić information content (AvgIpc) is 3.48. The molecule has 3 N–H and O–H groups in total. The number of aliphatic hydroxyl groups excluding tert-OH is 1. The summed E-state index contributed by atoms with van der Waals surface area (Å²) in [6.45, 7) is 14.0. The van der Waals surface area contributed by atoms with Gasteiger partial charge in [0.15, 0.2) is 12.2 Å². The summed E-state index contributed by atoms with van der Waals surface area (Å²) in [4.78, 5) is 72.4. The lowest BCUT2D eigenvalue weighted by Crippen LogP contribution is -2.30. The molecule has 19 heteroatoms. The summed E-state index contributed by atoms with van der Waals surface area (Å²) in [5.74, 6) is 0.767. The summed E-state index contributed by atoms with van der Waals surface area (Å²) in [5, 5.41) is 10.6. The quantitative estimate of drug-likeness (QED) is 0.0222. The maximum absolute atomic E-state index is 13.0. The third-order valence-corrected chi connectivity index (χ3v) is 17.5. The number of hydrogen-bond acceptors (Lipinski definition) is 15. The number of ether oxygens (including phenoxy) is 4. The van der Waals surface area contributed by atoms with Crippen LogP contribution in [0.5, 0.6) is 0 Å². The molecule has 0 aliphatic rings. The Hall–Kier alpha value is -1.94. The highest BCUT2D eigenvalue weighted by molar-refractivity contribution is 7.47. The zero-order valence-corrected chi connectivity index (χ0v) is 58.4. The number of unbranched alkanes of at least 4 members (excludes halogenated alkanes) is 31. The van der Waals surface area contributed by atoms with Crippen LogP contribution in [0.25, 0.3) is 0 Å². The van der Waals surface area contributed by atoms with E-state index in [0.29, 0.717) is 31.6 Å². The van der Waals surface area contributed by atoms with Gasteiger partial charge in [-0.15, -0.1) is 0 Å². The van der Waals surface area contributed by atoms with Crippen molar-refractivity contribution in [3.8, 4) is 0 Å². The van der Waals surface area contributed by atoms with Crippen molar-refractivity contribution >= 4 is 39.5 Å². The molecular formula is C68H132O17P2. The molecule has 0 rings (SSSR count). The van der Waals surface area contributed by atoms with Gasteiger partial charge in [0.05, 0.1) is 26.4 Å². The smallest absolute Gasteiger partial charge is 0.462 e. The van der Waals surface area contributed by atoms with E-state index in [4.69, 9.17) is 37.0 Å². The van der Waals surface area contributed by atoms with Crippen LogP contribution in [0.2, 0.25) is 0 Å². The molecule has 516 valence electrons. The fraction of sp³-hybridized carbons (Fsp3) is 0.941. The third-order valence-electron chi connectivity index (χ3n) is 15.6. The van der Waals surface area contributed by atoms with E-state index >= 15 is 0 Å². The van der Waals surface area contributed by atoms with Crippen LogP contribution in [0.4, 0.5) is 0 Å². The number of carbonyl (C=O) groups excluding carboxylic acids is 4. The average molecular weight is 1280 g/mol. The summed E-state index contributed by atoms with van der Waals surface area (Å²) >= 11 is 0.